The molecule has 0 aliphatic heterocycles. The number of fused-ring (bicyclic) bond motifs is 1. The molecular weight excluding hydrogens is 398 g/mol. The third-order valence-corrected chi connectivity index (χ3v) is 4.98. The van der Waals surface area contributed by atoms with E-state index < -0.39 is 0 Å². The lowest BCUT2D eigenvalue weighted by Crippen LogP contribution is -2.07. The van der Waals surface area contributed by atoms with Crippen LogP contribution in [0.15, 0.2) is 66.7 Å². The third-order valence-electron chi connectivity index (χ3n) is 4.73. The topological polar surface area (TPSA) is 48.5 Å². The Labute approximate surface area is 179 Å². The van der Waals surface area contributed by atoms with Gasteiger partial charge >= 0.3 is 5.97 Å². The highest BCUT2D eigenvalue weighted by Crippen LogP contribution is 2.27. The zero-order valence-corrected chi connectivity index (χ0v) is 17.1. The molecule has 0 amide bonds. The predicted octanol–water partition coefficient (Wildman–Crippen LogP) is 6.00. The highest BCUT2D eigenvalue weighted by atomic mass is 35.5. The summed E-state index contributed by atoms with van der Waals surface area (Å²) < 4.78 is 7.16. The number of rotatable bonds is 5. The lowest BCUT2D eigenvalue weighted by Gasteiger charge is -2.11. The van der Waals surface area contributed by atoms with Crippen LogP contribution >= 0.6 is 11.6 Å². The van der Waals surface area contributed by atoms with Crippen LogP contribution in [0.1, 0.15) is 28.7 Å². The number of hydrogen-bond donors (Lipinski definition) is 0. The normalized spacial score (nSPS) is 10.7. The van der Waals surface area contributed by atoms with Crippen LogP contribution in [0.2, 0.25) is 5.02 Å². The molecule has 3 aromatic carbocycles. The van der Waals surface area contributed by atoms with E-state index in [4.69, 9.17) is 27.9 Å². The van der Waals surface area contributed by atoms with E-state index >= 15 is 0 Å². The van der Waals surface area contributed by atoms with Gasteiger partial charge in [0.1, 0.15) is 5.82 Å². The lowest BCUT2D eigenvalue weighted by atomic mass is 10.1. The van der Waals surface area contributed by atoms with E-state index in [-0.39, 0.29) is 5.97 Å². The number of hydrogen-bond acceptors (Lipinski definition) is 3. The van der Waals surface area contributed by atoms with Crippen molar-refractivity contribution in [3.8, 4) is 5.69 Å². The Morgan fingerprint density at radius 2 is 1.93 bits per heavy atom. The Morgan fingerprint density at radius 3 is 2.67 bits per heavy atom. The van der Waals surface area contributed by atoms with E-state index in [1.165, 1.54) is 0 Å². The number of benzene rings is 3. The van der Waals surface area contributed by atoms with Crippen molar-refractivity contribution in [3.63, 3.8) is 0 Å². The molecule has 1 aromatic heterocycles. The summed E-state index contributed by atoms with van der Waals surface area (Å²) >= 11 is 6.02. The van der Waals surface area contributed by atoms with Gasteiger partial charge in [-0.2, -0.15) is 0 Å². The molecular formula is C24H18ClN3O2. The molecule has 0 radical (unpaired) electrons. The molecule has 30 heavy (non-hydrogen) atoms. The van der Waals surface area contributed by atoms with Crippen molar-refractivity contribution in [1.29, 1.82) is 0 Å². The summed E-state index contributed by atoms with van der Waals surface area (Å²) in [5.41, 5.74) is 4.48. The van der Waals surface area contributed by atoms with E-state index in [0.29, 0.717) is 29.3 Å². The van der Waals surface area contributed by atoms with Gasteiger partial charge in [0, 0.05) is 17.1 Å². The van der Waals surface area contributed by atoms with Gasteiger partial charge in [0.25, 0.3) is 0 Å². The molecule has 0 saturated carbocycles. The van der Waals surface area contributed by atoms with Crippen molar-refractivity contribution >= 4 is 34.3 Å². The summed E-state index contributed by atoms with van der Waals surface area (Å²) in [6.45, 7) is 9.38. The van der Waals surface area contributed by atoms with Gasteiger partial charge in [-0.25, -0.2) is 14.6 Å². The van der Waals surface area contributed by atoms with Crippen molar-refractivity contribution < 1.29 is 9.53 Å². The second-order valence-electron chi connectivity index (χ2n) is 6.72. The van der Waals surface area contributed by atoms with Crippen LogP contribution in [0, 0.1) is 6.57 Å². The van der Waals surface area contributed by atoms with Gasteiger partial charge in [-0.3, -0.25) is 4.57 Å². The number of ether oxygens (including phenoxy) is 1. The quantitative estimate of drug-likeness (QED) is 0.297. The maximum Gasteiger partial charge on any atom is 0.338 e. The number of aromatic nitrogens is 2. The fraction of sp³-hybridized carbons (Fsp3) is 0.125. The van der Waals surface area contributed by atoms with Crippen LogP contribution in [-0.4, -0.2) is 22.1 Å². The third kappa shape index (κ3) is 3.91. The standard InChI is InChI=1S/C24H18ClN3O2/c1-3-30-24(29)17-5-4-6-20(14-17)28-22-12-11-19(26-2)15-21(22)27-23(28)13-16-7-9-18(25)10-8-16/h4-12,14-15H,3,13H2,1H3. The largest absolute Gasteiger partial charge is 0.462 e. The Balaban J connectivity index is 1.86. The lowest BCUT2D eigenvalue weighted by molar-refractivity contribution is 0.0526. The van der Waals surface area contributed by atoms with Gasteiger partial charge in [0.05, 0.1) is 29.8 Å². The van der Waals surface area contributed by atoms with Gasteiger partial charge in [-0.15, -0.1) is 0 Å². The number of nitrogens with zero attached hydrogens (tertiary/aromatic N) is 3. The maximum atomic E-state index is 12.2. The molecule has 4 rings (SSSR count). The summed E-state index contributed by atoms with van der Waals surface area (Å²) in [4.78, 5) is 20.5. The Bertz CT molecular complexity index is 1270. The molecule has 5 nitrogen and oxygen atoms in total. The fourth-order valence-corrected chi connectivity index (χ4v) is 3.49. The number of halogens is 1. The minimum atomic E-state index is -0.363. The second-order valence-corrected chi connectivity index (χ2v) is 7.16. The van der Waals surface area contributed by atoms with E-state index in [1.54, 1.807) is 31.2 Å². The van der Waals surface area contributed by atoms with E-state index in [9.17, 15) is 4.79 Å². The fourth-order valence-electron chi connectivity index (χ4n) is 3.37. The Kier molecular flexibility index (Phi) is 5.51. The first-order valence-corrected chi connectivity index (χ1v) is 9.87. The maximum absolute atomic E-state index is 12.2. The summed E-state index contributed by atoms with van der Waals surface area (Å²) in [6, 6.07) is 20.4. The van der Waals surface area contributed by atoms with Crippen LogP contribution in [-0.2, 0) is 11.2 Å². The van der Waals surface area contributed by atoms with Gasteiger partial charge in [0.15, 0.2) is 5.69 Å². The highest BCUT2D eigenvalue weighted by Gasteiger charge is 2.15. The molecule has 6 heteroatoms. The molecule has 0 N–H and O–H groups in total. The number of esters is 1. The van der Waals surface area contributed by atoms with Gasteiger partial charge in [0.2, 0.25) is 0 Å². The molecule has 148 valence electrons. The average molecular weight is 416 g/mol. The van der Waals surface area contributed by atoms with Crippen molar-refractivity contribution in [2.75, 3.05) is 6.61 Å². The van der Waals surface area contributed by atoms with Crippen LogP contribution in [0.3, 0.4) is 0 Å². The minimum Gasteiger partial charge on any atom is -0.462 e. The van der Waals surface area contributed by atoms with Crippen molar-refractivity contribution in [3.05, 3.63) is 100 Å². The predicted molar refractivity (Wildman–Crippen MR) is 118 cm³/mol. The van der Waals surface area contributed by atoms with Crippen molar-refractivity contribution in [2.45, 2.75) is 13.3 Å². The van der Waals surface area contributed by atoms with Crippen LogP contribution in [0.4, 0.5) is 5.69 Å². The zero-order valence-electron chi connectivity index (χ0n) is 16.3. The zero-order chi connectivity index (χ0) is 21.1. The SMILES string of the molecule is [C-]#[N+]c1ccc2c(c1)nc(Cc1ccc(Cl)cc1)n2-c1cccc(C(=O)OCC)c1. The van der Waals surface area contributed by atoms with E-state index in [0.717, 1.165) is 28.1 Å². The summed E-state index contributed by atoms with van der Waals surface area (Å²) in [5.74, 6) is 0.439. The first kappa shape index (κ1) is 19.7. The molecule has 0 aliphatic carbocycles. The molecule has 4 aromatic rings. The smallest absolute Gasteiger partial charge is 0.338 e. The first-order valence-electron chi connectivity index (χ1n) is 9.50. The Morgan fingerprint density at radius 1 is 1.13 bits per heavy atom. The summed E-state index contributed by atoms with van der Waals surface area (Å²) in [6.07, 6.45) is 0.572. The van der Waals surface area contributed by atoms with Crippen LogP contribution in [0.25, 0.3) is 21.6 Å². The summed E-state index contributed by atoms with van der Waals surface area (Å²) in [5, 5.41) is 0.677. The highest BCUT2D eigenvalue weighted by molar-refractivity contribution is 6.30. The van der Waals surface area contributed by atoms with Crippen LogP contribution < -0.4 is 0 Å². The molecule has 0 fully saturated rings. The monoisotopic (exact) mass is 415 g/mol. The van der Waals surface area contributed by atoms with Gasteiger partial charge in [-0.05, 0) is 55.0 Å². The molecule has 0 bridgehead atoms. The molecule has 0 atom stereocenters. The molecule has 0 aliphatic rings. The number of imidazole rings is 1. The summed E-state index contributed by atoms with van der Waals surface area (Å²) in [7, 11) is 0. The second kappa shape index (κ2) is 8.40. The van der Waals surface area contributed by atoms with E-state index in [2.05, 4.69) is 4.85 Å². The van der Waals surface area contributed by atoms with Gasteiger partial charge < -0.3 is 4.74 Å². The number of carbonyl (C=O) groups excluding carboxylic acids is 1. The van der Waals surface area contributed by atoms with Crippen LogP contribution in [0.5, 0.6) is 0 Å². The Hall–Kier alpha value is -3.62. The molecule has 0 unspecified atom stereocenters. The average Bonchev–Trinajstić information content (AvgIpc) is 3.12. The molecule has 0 spiro atoms. The minimum absolute atomic E-state index is 0.318. The van der Waals surface area contributed by atoms with Gasteiger partial charge in [-0.1, -0.05) is 35.9 Å². The van der Waals surface area contributed by atoms with Crippen molar-refractivity contribution in [2.24, 2.45) is 0 Å². The first-order chi connectivity index (χ1) is 14.6. The number of carbonyl (C=O) groups is 1. The van der Waals surface area contributed by atoms with E-state index in [1.807, 2.05) is 47.0 Å². The molecule has 1 heterocycles. The van der Waals surface area contributed by atoms with Crippen molar-refractivity contribution in [1.82, 2.24) is 9.55 Å². The molecule has 0 saturated heterocycles.